The fourth-order valence-corrected chi connectivity index (χ4v) is 3.14. The third kappa shape index (κ3) is 3.18. The molecule has 5 heteroatoms. The van der Waals surface area contributed by atoms with Crippen molar-refractivity contribution in [2.75, 3.05) is 11.1 Å². The molecule has 0 atom stereocenters. The predicted octanol–water partition coefficient (Wildman–Crippen LogP) is 4.63. The summed E-state index contributed by atoms with van der Waals surface area (Å²) in [4.78, 5) is 1.18. The molecular formula is C11H13BrN2S2. The van der Waals surface area contributed by atoms with Gasteiger partial charge < -0.3 is 5.32 Å². The van der Waals surface area contributed by atoms with Crippen LogP contribution in [0.5, 0.6) is 0 Å². The first kappa shape index (κ1) is 12.3. The van der Waals surface area contributed by atoms with E-state index in [1.54, 1.807) is 23.7 Å². The smallest absolute Gasteiger partial charge is 0.173 e. The van der Waals surface area contributed by atoms with E-state index in [4.69, 9.17) is 0 Å². The molecule has 0 radical (unpaired) electrons. The standard InChI is InChI=1S/C11H13BrN2S2/c1-7(2)6-15-11-13-9-5-8(12)3-4-10(9)16-14-11/h3-5,7H,6H2,1-2H3,(H,13,14). The molecule has 0 saturated heterocycles. The SMILES string of the molecule is CC(C)CSC1=NSc2ccc(Br)cc2N1. The molecule has 86 valence electrons. The number of nitrogens with zero attached hydrogens (tertiary/aromatic N) is 1. The molecule has 0 aromatic heterocycles. The first-order valence-electron chi connectivity index (χ1n) is 5.09. The summed E-state index contributed by atoms with van der Waals surface area (Å²) >= 11 is 6.80. The molecular weight excluding hydrogens is 304 g/mol. The van der Waals surface area contributed by atoms with Crippen molar-refractivity contribution in [1.82, 2.24) is 0 Å². The number of anilines is 1. The van der Waals surface area contributed by atoms with E-state index in [-0.39, 0.29) is 0 Å². The van der Waals surface area contributed by atoms with Gasteiger partial charge in [0.25, 0.3) is 0 Å². The van der Waals surface area contributed by atoms with Gasteiger partial charge in [0, 0.05) is 22.2 Å². The Labute approximate surface area is 113 Å². The van der Waals surface area contributed by atoms with Gasteiger partial charge in [0.2, 0.25) is 0 Å². The van der Waals surface area contributed by atoms with Crippen LogP contribution in [0.3, 0.4) is 0 Å². The van der Waals surface area contributed by atoms with Crippen LogP contribution in [-0.2, 0) is 0 Å². The van der Waals surface area contributed by atoms with Crippen molar-refractivity contribution >= 4 is 50.5 Å². The van der Waals surface area contributed by atoms with Crippen LogP contribution < -0.4 is 5.32 Å². The van der Waals surface area contributed by atoms with Crippen molar-refractivity contribution < 1.29 is 0 Å². The maximum absolute atomic E-state index is 4.44. The van der Waals surface area contributed by atoms with Crippen molar-refractivity contribution in [3.63, 3.8) is 0 Å². The zero-order valence-electron chi connectivity index (χ0n) is 9.16. The van der Waals surface area contributed by atoms with E-state index < -0.39 is 0 Å². The molecule has 0 bridgehead atoms. The quantitative estimate of drug-likeness (QED) is 0.805. The molecule has 0 fully saturated rings. The Kier molecular flexibility index (Phi) is 4.21. The van der Waals surface area contributed by atoms with E-state index >= 15 is 0 Å². The Hall–Kier alpha value is -0.130. The highest BCUT2D eigenvalue weighted by Gasteiger charge is 2.13. The number of hydrogen-bond acceptors (Lipinski definition) is 4. The number of nitrogens with one attached hydrogen (secondary N) is 1. The fourth-order valence-electron chi connectivity index (χ4n) is 1.22. The average molecular weight is 317 g/mol. The maximum atomic E-state index is 4.44. The largest absolute Gasteiger partial charge is 0.333 e. The van der Waals surface area contributed by atoms with Gasteiger partial charge in [-0.15, -0.1) is 0 Å². The van der Waals surface area contributed by atoms with Crippen LogP contribution in [0.1, 0.15) is 13.8 Å². The summed E-state index contributed by atoms with van der Waals surface area (Å²) in [6, 6.07) is 6.20. The number of halogens is 1. The summed E-state index contributed by atoms with van der Waals surface area (Å²) in [6.07, 6.45) is 0. The van der Waals surface area contributed by atoms with Gasteiger partial charge in [-0.2, -0.15) is 4.40 Å². The lowest BCUT2D eigenvalue weighted by Gasteiger charge is -2.17. The van der Waals surface area contributed by atoms with Gasteiger partial charge in [0.15, 0.2) is 5.17 Å². The van der Waals surface area contributed by atoms with Gasteiger partial charge in [-0.1, -0.05) is 41.5 Å². The van der Waals surface area contributed by atoms with E-state index in [1.807, 2.05) is 6.07 Å². The summed E-state index contributed by atoms with van der Waals surface area (Å²) in [5, 5.41) is 4.36. The van der Waals surface area contributed by atoms with Gasteiger partial charge in [-0.3, -0.25) is 0 Å². The van der Waals surface area contributed by atoms with Crippen LogP contribution in [-0.4, -0.2) is 10.9 Å². The Balaban J connectivity index is 2.05. The Morgan fingerprint density at radius 2 is 2.31 bits per heavy atom. The molecule has 0 aliphatic carbocycles. The highest BCUT2D eigenvalue weighted by molar-refractivity contribution is 9.10. The second-order valence-electron chi connectivity index (χ2n) is 3.96. The molecule has 16 heavy (non-hydrogen) atoms. The average Bonchev–Trinajstić information content (AvgIpc) is 2.25. The van der Waals surface area contributed by atoms with Crippen LogP contribution in [0.2, 0.25) is 0 Å². The van der Waals surface area contributed by atoms with Crippen molar-refractivity contribution in [2.24, 2.45) is 10.3 Å². The first-order chi connectivity index (χ1) is 7.65. The Morgan fingerprint density at radius 3 is 3.06 bits per heavy atom. The summed E-state index contributed by atoms with van der Waals surface area (Å²) < 4.78 is 5.53. The van der Waals surface area contributed by atoms with Crippen molar-refractivity contribution in [3.05, 3.63) is 22.7 Å². The molecule has 1 aromatic carbocycles. The van der Waals surface area contributed by atoms with Crippen molar-refractivity contribution in [2.45, 2.75) is 18.7 Å². The minimum Gasteiger partial charge on any atom is -0.333 e. The number of fused-ring (bicyclic) bond motifs is 1. The molecule has 1 aliphatic heterocycles. The van der Waals surface area contributed by atoms with E-state index in [1.165, 1.54) is 4.90 Å². The molecule has 1 heterocycles. The monoisotopic (exact) mass is 316 g/mol. The van der Waals surface area contributed by atoms with Gasteiger partial charge in [-0.05, 0) is 24.1 Å². The number of amidine groups is 1. The number of thioether (sulfide) groups is 1. The molecule has 0 amide bonds. The zero-order valence-corrected chi connectivity index (χ0v) is 12.4. The van der Waals surface area contributed by atoms with E-state index in [0.717, 1.165) is 21.1 Å². The lowest BCUT2D eigenvalue weighted by Crippen LogP contribution is -2.12. The minimum absolute atomic E-state index is 0.684. The second-order valence-corrected chi connectivity index (χ2v) is 6.69. The lowest BCUT2D eigenvalue weighted by molar-refractivity contribution is 0.752. The summed E-state index contributed by atoms with van der Waals surface area (Å²) in [5.74, 6) is 1.78. The molecule has 0 spiro atoms. The lowest BCUT2D eigenvalue weighted by atomic mass is 10.3. The topological polar surface area (TPSA) is 24.4 Å². The zero-order chi connectivity index (χ0) is 11.5. The van der Waals surface area contributed by atoms with Crippen LogP contribution in [0.15, 0.2) is 32.0 Å². The molecule has 1 N–H and O–H groups in total. The van der Waals surface area contributed by atoms with E-state index in [2.05, 4.69) is 51.6 Å². The fraction of sp³-hybridized carbons (Fsp3) is 0.364. The molecule has 0 unspecified atom stereocenters. The summed E-state index contributed by atoms with van der Waals surface area (Å²) in [6.45, 7) is 4.43. The molecule has 1 aliphatic rings. The third-order valence-corrected chi connectivity index (χ3v) is 4.70. The van der Waals surface area contributed by atoms with Gasteiger partial charge in [0.05, 0.1) is 10.6 Å². The second kappa shape index (κ2) is 5.47. The van der Waals surface area contributed by atoms with Crippen LogP contribution in [0, 0.1) is 5.92 Å². The van der Waals surface area contributed by atoms with Crippen LogP contribution in [0.25, 0.3) is 0 Å². The first-order valence-corrected chi connectivity index (χ1v) is 7.65. The normalized spacial score (nSPS) is 14.4. The highest BCUT2D eigenvalue weighted by atomic mass is 79.9. The van der Waals surface area contributed by atoms with Crippen molar-refractivity contribution in [3.8, 4) is 0 Å². The summed E-state index contributed by atoms with van der Waals surface area (Å²) in [7, 11) is 0. The molecule has 2 nitrogen and oxygen atoms in total. The van der Waals surface area contributed by atoms with Crippen molar-refractivity contribution in [1.29, 1.82) is 0 Å². The van der Waals surface area contributed by atoms with Gasteiger partial charge >= 0.3 is 0 Å². The van der Waals surface area contributed by atoms with Crippen LogP contribution >= 0.6 is 39.6 Å². The number of benzene rings is 1. The molecule has 1 aromatic rings. The highest BCUT2D eigenvalue weighted by Crippen LogP contribution is 2.35. The Bertz CT molecular complexity index is 418. The molecule has 2 rings (SSSR count). The minimum atomic E-state index is 0.684. The predicted molar refractivity (Wildman–Crippen MR) is 78.4 cm³/mol. The Morgan fingerprint density at radius 1 is 1.50 bits per heavy atom. The van der Waals surface area contributed by atoms with E-state index in [0.29, 0.717) is 5.92 Å². The van der Waals surface area contributed by atoms with Gasteiger partial charge in [0.1, 0.15) is 0 Å². The van der Waals surface area contributed by atoms with E-state index in [9.17, 15) is 0 Å². The number of rotatable bonds is 2. The molecule has 0 saturated carbocycles. The summed E-state index contributed by atoms with van der Waals surface area (Å²) in [5.41, 5.74) is 1.14. The third-order valence-electron chi connectivity index (χ3n) is 1.96. The van der Waals surface area contributed by atoms with Gasteiger partial charge in [-0.25, -0.2) is 0 Å². The number of hydrogen-bond donors (Lipinski definition) is 1. The maximum Gasteiger partial charge on any atom is 0.173 e. The van der Waals surface area contributed by atoms with Crippen LogP contribution in [0.4, 0.5) is 5.69 Å².